The molecule has 0 atom stereocenters. The number of piperazine rings is 1. The van der Waals surface area contributed by atoms with E-state index in [1.54, 1.807) is 25.3 Å². The predicted octanol–water partition coefficient (Wildman–Crippen LogP) is 2.66. The van der Waals surface area contributed by atoms with E-state index in [2.05, 4.69) is 15.2 Å². The van der Waals surface area contributed by atoms with Crippen molar-refractivity contribution in [3.8, 4) is 0 Å². The fraction of sp³-hybridized carbons (Fsp3) is 0.278. The Morgan fingerprint density at radius 3 is 2.48 bits per heavy atom. The lowest BCUT2D eigenvalue weighted by atomic mass is 10.2. The number of pyridine rings is 1. The standard InChI is InChI=1S/C18H19ClN4O2/c1-13(24)22-9-11-23(12-10-22)16-7-3-2-6-15(16)21-18(25)14-5-4-8-20-17(14)19/h2-8H,9-12H2,1H3,(H,21,25). The van der Waals surface area contributed by atoms with Gasteiger partial charge in [-0.05, 0) is 24.3 Å². The molecule has 1 N–H and O–H groups in total. The molecule has 0 bridgehead atoms. The Labute approximate surface area is 151 Å². The first-order chi connectivity index (χ1) is 12.1. The second-order valence-corrected chi connectivity index (χ2v) is 6.16. The Hall–Kier alpha value is -2.60. The van der Waals surface area contributed by atoms with Gasteiger partial charge >= 0.3 is 0 Å². The SMILES string of the molecule is CC(=O)N1CCN(c2ccccc2NC(=O)c2cccnc2Cl)CC1. The highest BCUT2D eigenvalue weighted by Crippen LogP contribution is 2.27. The van der Waals surface area contributed by atoms with Crippen molar-refractivity contribution in [1.82, 2.24) is 9.88 Å². The van der Waals surface area contributed by atoms with Crippen molar-refractivity contribution in [2.45, 2.75) is 6.92 Å². The molecular formula is C18H19ClN4O2. The van der Waals surface area contributed by atoms with E-state index >= 15 is 0 Å². The van der Waals surface area contributed by atoms with Gasteiger partial charge in [0.15, 0.2) is 0 Å². The number of hydrogen-bond acceptors (Lipinski definition) is 4. The largest absolute Gasteiger partial charge is 0.366 e. The molecule has 2 heterocycles. The minimum atomic E-state index is -0.298. The van der Waals surface area contributed by atoms with Crippen molar-refractivity contribution in [1.29, 1.82) is 0 Å². The maximum Gasteiger partial charge on any atom is 0.258 e. The number of benzene rings is 1. The van der Waals surface area contributed by atoms with Gasteiger partial charge in [-0.2, -0.15) is 0 Å². The highest BCUT2D eigenvalue weighted by atomic mass is 35.5. The van der Waals surface area contributed by atoms with Crippen molar-refractivity contribution in [2.75, 3.05) is 36.4 Å². The molecule has 2 amide bonds. The number of aromatic nitrogens is 1. The zero-order valence-corrected chi connectivity index (χ0v) is 14.7. The maximum absolute atomic E-state index is 12.5. The van der Waals surface area contributed by atoms with E-state index in [0.29, 0.717) is 24.3 Å². The molecule has 130 valence electrons. The number of carbonyl (C=O) groups is 2. The van der Waals surface area contributed by atoms with Crippen LogP contribution in [0, 0.1) is 0 Å². The molecule has 1 fully saturated rings. The molecule has 6 nitrogen and oxygen atoms in total. The van der Waals surface area contributed by atoms with E-state index in [1.165, 1.54) is 0 Å². The molecule has 0 unspecified atom stereocenters. The van der Waals surface area contributed by atoms with E-state index in [1.807, 2.05) is 29.2 Å². The molecule has 25 heavy (non-hydrogen) atoms. The summed E-state index contributed by atoms with van der Waals surface area (Å²) < 4.78 is 0. The average molecular weight is 359 g/mol. The summed E-state index contributed by atoms with van der Waals surface area (Å²) in [5.41, 5.74) is 1.98. The van der Waals surface area contributed by atoms with Crippen LogP contribution in [-0.4, -0.2) is 47.9 Å². The highest BCUT2D eigenvalue weighted by molar-refractivity contribution is 6.33. The van der Waals surface area contributed by atoms with E-state index in [4.69, 9.17) is 11.6 Å². The summed E-state index contributed by atoms with van der Waals surface area (Å²) in [7, 11) is 0. The summed E-state index contributed by atoms with van der Waals surface area (Å²) >= 11 is 6.00. The zero-order valence-electron chi connectivity index (χ0n) is 13.9. The van der Waals surface area contributed by atoms with Gasteiger partial charge < -0.3 is 15.1 Å². The van der Waals surface area contributed by atoms with Crippen LogP contribution in [0.4, 0.5) is 11.4 Å². The van der Waals surface area contributed by atoms with Crippen LogP contribution >= 0.6 is 11.6 Å². The first-order valence-corrected chi connectivity index (χ1v) is 8.45. The summed E-state index contributed by atoms with van der Waals surface area (Å²) in [6.07, 6.45) is 1.54. The van der Waals surface area contributed by atoms with Crippen LogP contribution < -0.4 is 10.2 Å². The Morgan fingerprint density at radius 2 is 1.80 bits per heavy atom. The van der Waals surface area contributed by atoms with Crippen LogP contribution in [0.5, 0.6) is 0 Å². The van der Waals surface area contributed by atoms with E-state index in [-0.39, 0.29) is 17.0 Å². The number of anilines is 2. The quantitative estimate of drug-likeness (QED) is 0.857. The fourth-order valence-electron chi connectivity index (χ4n) is 2.86. The Bertz CT molecular complexity index is 788. The second-order valence-electron chi connectivity index (χ2n) is 5.81. The van der Waals surface area contributed by atoms with Gasteiger partial charge in [0.05, 0.1) is 16.9 Å². The molecule has 1 aliphatic heterocycles. The van der Waals surface area contributed by atoms with Gasteiger partial charge in [-0.1, -0.05) is 23.7 Å². The van der Waals surface area contributed by atoms with Gasteiger partial charge in [0.1, 0.15) is 5.15 Å². The summed E-state index contributed by atoms with van der Waals surface area (Å²) in [4.78, 5) is 31.9. The second kappa shape index (κ2) is 7.53. The van der Waals surface area contributed by atoms with E-state index in [0.717, 1.165) is 18.8 Å². The number of hydrogen-bond donors (Lipinski definition) is 1. The maximum atomic E-state index is 12.5. The monoisotopic (exact) mass is 358 g/mol. The molecule has 0 spiro atoms. The number of para-hydroxylation sites is 2. The average Bonchev–Trinajstić information content (AvgIpc) is 2.62. The van der Waals surface area contributed by atoms with Crippen LogP contribution in [0.2, 0.25) is 5.15 Å². The topological polar surface area (TPSA) is 65.5 Å². The Kier molecular flexibility index (Phi) is 5.19. The summed E-state index contributed by atoms with van der Waals surface area (Å²) in [6, 6.07) is 10.9. The fourth-order valence-corrected chi connectivity index (χ4v) is 3.07. The number of rotatable bonds is 3. The van der Waals surface area contributed by atoms with E-state index in [9.17, 15) is 9.59 Å². The van der Waals surface area contributed by atoms with Crippen molar-refractivity contribution in [2.24, 2.45) is 0 Å². The smallest absolute Gasteiger partial charge is 0.258 e. The zero-order chi connectivity index (χ0) is 17.8. The molecule has 1 aromatic carbocycles. The van der Waals surface area contributed by atoms with Crippen LogP contribution in [0.3, 0.4) is 0 Å². The lowest BCUT2D eigenvalue weighted by Gasteiger charge is -2.36. The van der Waals surface area contributed by atoms with Crippen molar-refractivity contribution in [3.63, 3.8) is 0 Å². The van der Waals surface area contributed by atoms with Gasteiger partial charge in [-0.3, -0.25) is 9.59 Å². The van der Waals surface area contributed by atoms with Crippen LogP contribution in [-0.2, 0) is 4.79 Å². The highest BCUT2D eigenvalue weighted by Gasteiger charge is 2.21. The van der Waals surface area contributed by atoms with Crippen LogP contribution in [0.25, 0.3) is 0 Å². The molecule has 3 rings (SSSR count). The molecule has 2 aromatic rings. The molecule has 1 aliphatic rings. The molecule has 1 saturated heterocycles. The first kappa shape index (κ1) is 17.2. The minimum Gasteiger partial charge on any atom is -0.366 e. The minimum absolute atomic E-state index is 0.0902. The molecule has 0 aliphatic carbocycles. The number of amides is 2. The van der Waals surface area contributed by atoms with Gasteiger partial charge in [-0.15, -0.1) is 0 Å². The van der Waals surface area contributed by atoms with Gasteiger partial charge in [0.2, 0.25) is 5.91 Å². The molecule has 0 saturated carbocycles. The van der Waals surface area contributed by atoms with Gasteiger partial charge in [0.25, 0.3) is 5.91 Å². The third kappa shape index (κ3) is 3.91. The van der Waals surface area contributed by atoms with Crippen molar-refractivity contribution >= 4 is 34.8 Å². The van der Waals surface area contributed by atoms with E-state index < -0.39 is 0 Å². The van der Waals surface area contributed by atoms with Crippen molar-refractivity contribution in [3.05, 3.63) is 53.3 Å². The molecule has 1 aromatic heterocycles. The van der Waals surface area contributed by atoms with Gasteiger partial charge in [0, 0.05) is 39.3 Å². The normalized spacial score (nSPS) is 14.3. The third-order valence-corrected chi connectivity index (χ3v) is 4.52. The van der Waals surface area contributed by atoms with Gasteiger partial charge in [-0.25, -0.2) is 4.98 Å². The lowest BCUT2D eigenvalue weighted by molar-refractivity contribution is -0.129. The number of carbonyl (C=O) groups excluding carboxylic acids is 2. The predicted molar refractivity (Wildman–Crippen MR) is 98.1 cm³/mol. The summed E-state index contributed by atoms with van der Waals surface area (Å²) in [6.45, 7) is 4.37. The van der Waals surface area contributed by atoms with Crippen LogP contribution in [0.1, 0.15) is 17.3 Å². The lowest BCUT2D eigenvalue weighted by Crippen LogP contribution is -2.48. The summed E-state index contributed by atoms with van der Waals surface area (Å²) in [5.74, 6) is -0.208. The number of nitrogens with one attached hydrogen (secondary N) is 1. The number of nitrogens with zero attached hydrogens (tertiary/aromatic N) is 3. The molecule has 7 heteroatoms. The summed E-state index contributed by atoms with van der Waals surface area (Å²) in [5, 5.41) is 3.09. The van der Waals surface area contributed by atoms with Crippen LogP contribution in [0.15, 0.2) is 42.6 Å². The Morgan fingerprint density at radius 1 is 1.08 bits per heavy atom. The molecular weight excluding hydrogens is 340 g/mol. The van der Waals surface area contributed by atoms with Crippen molar-refractivity contribution < 1.29 is 9.59 Å². The first-order valence-electron chi connectivity index (χ1n) is 8.07. The number of halogens is 1. The third-order valence-electron chi connectivity index (χ3n) is 4.22. The molecule has 0 radical (unpaired) electrons. The Balaban J connectivity index is 1.77.